The Labute approximate surface area is 132 Å². The summed E-state index contributed by atoms with van der Waals surface area (Å²) in [6, 6.07) is 20.1. The normalized spacial score (nSPS) is 13.6. The average Bonchev–Trinajstić information content (AvgIpc) is 2.52. The molecular weight excluding hydrogens is 327 g/mol. The predicted molar refractivity (Wildman–Crippen MR) is 87.0 cm³/mol. The van der Waals surface area contributed by atoms with E-state index in [0.717, 1.165) is 10.9 Å². The zero-order valence-corrected chi connectivity index (χ0v) is 13.8. The minimum atomic E-state index is -0.567. The van der Waals surface area contributed by atoms with Gasteiger partial charge < -0.3 is 0 Å². The van der Waals surface area contributed by atoms with Crippen LogP contribution in [0.2, 0.25) is 4.82 Å². The molecule has 0 spiro atoms. The number of aliphatic hydroxyl groups is 1. The second kappa shape index (κ2) is 8.13. The molecule has 0 unspecified atom stereocenters. The van der Waals surface area contributed by atoms with Crippen LogP contribution in [0.3, 0.4) is 0 Å². The number of aryl methyl sites for hydroxylation is 1. The number of aliphatic hydroxyl groups excluding tert-OH is 1. The molecule has 0 fully saturated rings. The van der Waals surface area contributed by atoms with Crippen molar-refractivity contribution in [3.05, 3.63) is 66.2 Å². The molecule has 0 bridgehead atoms. The molecule has 0 heterocycles. The number of benzene rings is 2. The summed E-state index contributed by atoms with van der Waals surface area (Å²) in [5.74, 6) is 0.0828. The number of carbonyl (C=O) groups is 1. The molecular formula is C18H20O2Se. The van der Waals surface area contributed by atoms with Crippen molar-refractivity contribution >= 4 is 25.2 Å². The molecule has 0 amide bonds. The minimum absolute atomic E-state index is 0.0246. The van der Waals surface area contributed by atoms with E-state index >= 15 is 0 Å². The Kier molecular flexibility index (Phi) is 6.19. The third kappa shape index (κ3) is 5.13. The number of carbonyl (C=O) groups excluding carboxylic acids is 1. The number of hydrogen-bond acceptors (Lipinski definition) is 2. The Hall–Kier alpha value is -1.41. The Balaban J connectivity index is 1.96. The van der Waals surface area contributed by atoms with Crippen molar-refractivity contribution in [2.75, 3.05) is 0 Å². The Morgan fingerprint density at radius 1 is 1.05 bits per heavy atom. The monoisotopic (exact) mass is 348 g/mol. The van der Waals surface area contributed by atoms with Gasteiger partial charge >= 0.3 is 132 Å². The molecule has 0 aliphatic carbocycles. The molecule has 2 atom stereocenters. The number of Topliss-reactive ketones (excluding diaryl/α,β-unsaturated/α-hetero) is 1. The first kappa shape index (κ1) is 16.0. The predicted octanol–water partition coefficient (Wildman–Crippen LogP) is 2.39. The van der Waals surface area contributed by atoms with Crippen molar-refractivity contribution in [3.63, 3.8) is 0 Å². The van der Waals surface area contributed by atoms with Crippen molar-refractivity contribution in [2.45, 2.75) is 30.7 Å². The number of hydrogen-bond donors (Lipinski definition) is 1. The Morgan fingerprint density at radius 3 is 2.19 bits per heavy atom. The summed E-state index contributed by atoms with van der Waals surface area (Å²) in [5, 5.41) is 10.4. The van der Waals surface area contributed by atoms with Crippen LogP contribution in [0.15, 0.2) is 60.7 Å². The maximum absolute atomic E-state index is 11.9. The van der Waals surface area contributed by atoms with Crippen molar-refractivity contribution in [1.82, 2.24) is 0 Å². The summed E-state index contributed by atoms with van der Waals surface area (Å²) >= 11 is -0.0246. The van der Waals surface area contributed by atoms with E-state index in [1.165, 1.54) is 5.56 Å². The van der Waals surface area contributed by atoms with Crippen LogP contribution in [0.4, 0.5) is 0 Å². The van der Waals surface area contributed by atoms with Crippen LogP contribution in [0.25, 0.3) is 0 Å². The third-order valence-corrected chi connectivity index (χ3v) is 6.36. The first-order valence-electron chi connectivity index (χ1n) is 7.11. The van der Waals surface area contributed by atoms with Gasteiger partial charge in [-0.15, -0.1) is 0 Å². The van der Waals surface area contributed by atoms with E-state index in [0.29, 0.717) is 6.42 Å². The summed E-state index contributed by atoms with van der Waals surface area (Å²) in [5.41, 5.74) is 1.20. The Morgan fingerprint density at radius 2 is 1.62 bits per heavy atom. The van der Waals surface area contributed by atoms with Crippen LogP contribution in [0.1, 0.15) is 18.9 Å². The van der Waals surface area contributed by atoms with Gasteiger partial charge in [-0.2, -0.15) is 0 Å². The van der Waals surface area contributed by atoms with E-state index in [1.807, 2.05) is 48.5 Å². The molecule has 0 aliphatic heterocycles. The van der Waals surface area contributed by atoms with Gasteiger partial charge in [-0.3, -0.25) is 0 Å². The SMILES string of the molecule is CC(=O)[C@@H]([Se]c1ccccc1)[C@H](O)CCc1ccccc1. The van der Waals surface area contributed by atoms with Crippen LogP contribution in [0.5, 0.6) is 0 Å². The fourth-order valence-corrected chi connectivity index (χ4v) is 4.43. The molecule has 3 heteroatoms. The number of rotatable bonds is 7. The fraction of sp³-hybridized carbons (Fsp3) is 0.278. The van der Waals surface area contributed by atoms with Crippen LogP contribution in [-0.4, -0.2) is 32.0 Å². The molecule has 2 nitrogen and oxygen atoms in total. The van der Waals surface area contributed by atoms with Crippen molar-refractivity contribution in [3.8, 4) is 0 Å². The van der Waals surface area contributed by atoms with E-state index in [-0.39, 0.29) is 25.6 Å². The Bertz CT molecular complexity index is 554. The van der Waals surface area contributed by atoms with Gasteiger partial charge in [0.15, 0.2) is 0 Å². The summed E-state index contributed by atoms with van der Waals surface area (Å²) < 4.78 is 1.16. The van der Waals surface area contributed by atoms with Gasteiger partial charge in [0, 0.05) is 0 Å². The van der Waals surface area contributed by atoms with E-state index in [4.69, 9.17) is 0 Å². The molecule has 1 N–H and O–H groups in total. The van der Waals surface area contributed by atoms with E-state index in [9.17, 15) is 9.90 Å². The summed E-state index contributed by atoms with van der Waals surface area (Å²) in [6.07, 6.45) is 0.863. The summed E-state index contributed by atoms with van der Waals surface area (Å²) in [6.45, 7) is 1.58. The standard InChI is InChI=1S/C18H20O2Se/c1-14(19)18(21-16-10-6-3-7-11-16)17(20)13-12-15-8-4-2-5-9-15/h2-11,17-18,20H,12-13H2,1H3/t17-,18-/m1/s1. The first-order chi connectivity index (χ1) is 10.2. The van der Waals surface area contributed by atoms with Gasteiger partial charge in [-0.25, -0.2) is 0 Å². The van der Waals surface area contributed by atoms with E-state index in [2.05, 4.69) is 12.1 Å². The molecule has 21 heavy (non-hydrogen) atoms. The third-order valence-electron chi connectivity index (χ3n) is 3.33. The number of ketones is 1. The summed E-state index contributed by atoms with van der Waals surface area (Å²) in [7, 11) is 0. The molecule has 2 rings (SSSR count). The zero-order valence-electron chi connectivity index (χ0n) is 12.1. The zero-order chi connectivity index (χ0) is 15.1. The molecule has 0 saturated heterocycles. The molecule has 0 radical (unpaired) electrons. The van der Waals surface area contributed by atoms with Gasteiger partial charge in [-0.05, 0) is 0 Å². The van der Waals surface area contributed by atoms with Gasteiger partial charge in [0.25, 0.3) is 0 Å². The molecule has 2 aromatic rings. The topological polar surface area (TPSA) is 37.3 Å². The molecule has 2 aromatic carbocycles. The van der Waals surface area contributed by atoms with Crippen LogP contribution in [0, 0.1) is 0 Å². The van der Waals surface area contributed by atoms with Crippen molar-refractivity contribution < 1.29 is 9.90 Å². The summed E-state index contributed by atoms with van der Waals surface area (Å²) in [4.78, 5) is 11.6. The second-order valence-electron chi connectivity index (χ2n) is 5.05. The van der Waals surface area contributed by atoms with Crippen molar-refractivity contribution in [1.29, 1.82) is 0 Å². The van der Waals surface area contributed by atoms with Gasteiger partial charge in [0.1, 0.15) is 0 Å². The van der Waals surface area contributed by atoms with E-state index in [1.54, 1.807) is 6.92 Å². The van der Waals surface area contributed by atoms with Gasteiger partial charge in [-0.1, -0.05) is 0 Å². The molecule has 0 aromatic heterocycles. The molecule has 0 aliphatic rings. The maximum atomic E-state index is 11.9. The quantitative estimate of drug-likeness (QED) is 0.781. The van der Waals surface area contributed by atoms with Gasteiger partial charge in [0.2, 0.25) is 0 Å². The van der Waals surface area contributed by atoms with Crippen LogP contribution < -0.4 is 4.46 Å². The molecule has 0 saturated carbocycles. The van der Waals surface area contributed by atoms with Crippen LogP contribution >= 0.6 is 0 Å². The van der Waals surface area contributed by atoms with E-state index < -0.39 is 6.10 Å². The van der Waals surface area contributed by atoms with Crippen LogP contribution in [-0.2, 0) is 11.2 Å². The average molecular weight is 347 g/mol. The van der Waals surface area contributed by atoms with Crippen molar-refractivity contribution in [2.24, 2.45) is 0 Å². The second-order valence-corrected chi connectivity index (χ2v) is 7.60. The first-order valence-corrected chi connectivity index (χ1v) is 8.95. The fourth-order valence-electron chi connectivity index (χ4n) is 2.19. The van der Waals surface area contributed by atoms with Gasteiger partial charge in [0.05, 0.1) is 0 Å². The molecule has 110 valence electrons.